The molecule has 1 heterocycles. The first-order valence-electron chi connectivity index (χ1n) is 1.52. The SMILES string of the molecule is [C]1=CC=NSN1. The topological polar surface area (TPSA) is 24.4 Å². The molecule has 0 saturated carbocycles. The van der Waals surface area contributed by atoms with Crippen molar-refractivity contribution in [1.29, 1.82) is 0 Å². The Morgan fingerprint density at radius 3 is 3.00 bits per heavy atom. The first-order valence-corrected chi connectivity index (χ1v) is 2.29. The molecule has 2 nitrogen and oxygen atoms in total. The van der Waals surface area contributed by atoms with Crippen molar-refractivity contribution in [2.24, 2.45) is 4.40 Å². The normalized spacial score (nSPS) is 17.3. The number of hydrogen-bond donors (Lipinski definition) is 1. The van der Waals surface area contributed by atoms with Gasteiger partial charge in [-0.15, -0.1) is 0 Å². The Bertz CT molecular complexity index is 74.8. The Hall–Kier alpha value is -0.440. The molecule has 1 N–H and O–H groups in total. The van der Waals surface area contributed by atoms with Crippen LogP contribution in [-0.4, -0.2) is 6.21 Å². The maximum Gasteiger partial charge on any atom is 0.0901 e. The highest BCUT2D eigenvalue weighted by Crippen LogP contribution is 1.94. The van der Waals surface area contributed by atoms with Crippen molar-refractivity contribution in [3.63, 3.8) is 0 Å². The van der Waals surface area contributed by atoms with Gasteiger partial charge in [0.25, 0.3) is 0 Å². The summed E-state index contributed by atoms with van der Waals surface area (Å²) in [4.78, 5) is 0. The Morgan fingerprint density at radius 2 is 2.83 bits per heavy atom. The standard InChI is InChI=1S/C3H3N2S/c1-2-4-6-5-3-1/h1-2,5H. The predicted octanol–water partition coefficient (Wildman–Crippen LogP) is 0.540. The minimum absolute atomic E-state index is 1.27. The summed E-state index contributed by atoms with van der Waals surface area (Å²) in [5, 5.41) is 0. The van der Waals surface area contributed by atoms with Crippen LogP contribution in [0.2, 0.25) is 0 Å². The second-order valence-corrected chi connectivity index (χ2v) is 1.36. The van der Waals surface area contributed by atoms with Gasteiger partial charge in [-0.1, -0.05) is 0 Å². The van der Waals surface area contributed by atoms with Crippen molar-refractivity contribution in [2.75, 3.05) is 0 Å². The lowest BCUT2D eigenvalue weighted by Gasteiger charge is -1.90. The van der Waals surface area contributed by atoms with Crippen molar-refractivity contribution in [1.82, 2.24) is 4.72 Å². The van der Waals surface area contributed by atoms with Crippen molar-refractivity contribution < 1.29 is 0 Å². The average Bonchev–Trinajstić information content (AvgIpc) is 1.72. The Balaban J connectivity index is 2.46. The van der Waals surface area contributed by atoms with Crippen molar-refractivity contribution in [3.05, 3.63) is 12.3 Å². The zero-order valence-electron chi connectivity index (χ0n) is 3.01. The highest BCUT2D eigenvalue weighted by molar-refractivity contribution is 7.96. The minimum Gasteiger partial charge on any atom is -0.309 e. The van der Waals surface area contributed by atoms with Crippen LogP contribution in [0, 0.1) is 6.20 Å². The molecular formula is C3H3N2S. The Morgan fingerprint density at radius 1 is 1.83 bits per heavy atom. The van der Waals surface area contributed by atoms with Crippen LogP contribution in [0.1, 0.15) is 0 Å². The van der Waals surface area contributed by atoms with Gasteiger partial charge in [-0.05, 0) is 6.08 Å². The zero-order chi connectivity index (χ0) is 4.24. The molecule has 0 aromatic heterocycles. The molecule has 0 aliphatic carbocycles. The summed E-state index contributed by atoms with van der Waals surface area (Å²) in [7, 11) is 0. The molecule has 1 aliphatic heterocycles. The van der Waals surface area contributed by atoms with Gasteiger partial charge in [-0.2, -0.15) is 0 Å². The first-order chi connectivity index (χ1) is 3.00. The summed E-state index contributed by atoms with van der Waals surface area (Å²) in [5.41, 5.74) is 0. The van der Waals surface area contributed by atoms with E-state index in [2.05, 4.69) is 15.3 Å². The summed E-state index contributed by atoms with van der Waals surface area (Å²) < 4.78 is 6.44. The first kappa shape index (κ1) is 3.74. The predicted molar refractivity (Wildman–Crippen MR) is 27.0 cm³/mol. The van der Waals surface area contributed by atoms with Gasteiger partial charge < -0.3 is 4.72 Å². The van der Waals surface area contributed by atoms with Gasteiger partial charge in [0.05, 0.1) is 18.3 Å². The van der Waals surface area contributed by atoms with E-state index < -0.39 is 0 Å². The molecule has 0 bridgehead atoms. The third-order valence-electron chi connectivity index (χ3n) is 0.376. The van der Waals surface area contributed by atoms with E-state index in [0.717, 1.165) is 0 Å². The third-order valence-corrected chi connectivity index (χ3v) is 0.812. The summed E-state index contributed by atoms with van der Waals surface area (Å²) >= 11 is 1.27. The van der Waals surface area contributed by atoms with Crippen LogP contribution >= 0.6 is 12.1 Å². The summed E-state index contributed by atoms with van der Waals surface area (Å²) in [6.45, 7) is 0. The van der Waals surface area contributed by atoms with E-state index in [4.69, 9.17) is 0 Å². The fraction of sp³-hybridized carbons (Fsp3) is 0. The van der Waals surface area contributed by atoms with E-state index in [1.54, 1.807) is 12.3 Å². The molecule has 1 rings (SSSR count). The molecule has 1 radical (unpaired) electrons. The van der Waals surface area contributed by atoms with Crippen LogP contribution in [0.4, 0.5) is 0 Å². The number of hydrogen-bond acceptors (Lipinski definition) is 3. The van der Waals surface area contributed by atoms with E-state index >= 15 is 0 Å². The molecule has 0 aromatic carbocycles. The van der Waals surface area contributed by atoms with Gasteiger partial charge in [-0.25, -0.2) is 4.40 Å². The molecule has 6 heavy (non-hydrogen) atoms. The van der Waals surface area contributed by atoms with E-state index in [9.17, 15) is 0 Å². The summed E-state index contributed by atoms with van der Waals surface area (Å²) in [6, 6.07) is 0. The monoisotopic (exact) mass is 99.0 g/mol. The third kappa shape index (κ3) is 0.755. The molecule has 0 spiro atoms. The number of nitrogens with zero attached hydrogens (tertiary/aromatic N) is 1. The molecule has 31 valence electrons. The average molecular weight is 99.1 g/mol. The lowest BCUT2D eigenvalue weighted by Crippen LogP contribution is -1.92. The van der Waals surface area contributed by atoms with Crippen molar-refractivity contribution in [3.8, 4) is 0 Å². The molecule has 3 heteroatoms. The van der Waals surface area contributed by atoms with Gasteiger partial charge in [0, 0.05) is 6.21 Å². The van der Waals surface area contributed by atoms with E-state index in [1.807, 2.05) is 0 Å². The van der Waals surface area contributed by atoms with Crippen molar-refractivity contribution in [2.45, 2.75) is 0 Å². The molecule has 1 aliphatic rings. The van der Waals surface area contributed by atoms with Gasteiger partial charge in [0.15, 0.2) is 0 Å². The fourth-order valence-corrected chi connectivity index (χ4v) is 0.480. The highest BCUT2D eigenvalue weighted by Gasteiger charge is 1.77. The van der Waals surface area contributed by atoms with E-state index in [-0.39, 0.29) is 0 Å². The van der Waals surface area contributed by atoms with Crippen LogP contribution in [-0.2, 0) is 0 Å². The Labute approximate surface area is 40.6 Å². The maximum atomic E-state index is 3.74. The summed E-state index contributed by atoms with van der Waals surface area (Å²) in [5.74, 6) is 0. The smallest absolute Gasteiger partial charge is 0.0901 e. The van der Waals surface area contributed by atoms with Crippen LogP contribution in [0.3, 0.4) is 0 Å². The molecular weight excluding hydrogens is 96.1 g/mol. The maximum absolute atomic E-state index is 3.74. The van der Waals surface area contributed by atoms with Gasteiger partial charge in [0.2, 0.25) is 0 Å². The fourth-order valence-electron chi connectivity index (χ4n) is 0.185. The zero-order valence-corrected chi connectivity index (χ0v) is 3.83. The lowest BCUT2D eigenvalue weighted by atomic mass is 10.7. The Kier molecular flexibility index (Phi) is 1.17. The van der Waals surface area contributed by atoms with E-state index in [1.165, 1.54) is 12.1 Å². The quantitative estimate of drug-likeness (QED) is 0.448. The lowest BCUT2D eigenvalue weighted by molar-refractivity contribution is 1.35. The van der Waals surface area contributed by atoms with Crippen LogP contribution in [0.5, 0.6) is 0 Å². The molecule has 0 unspecified atom stereocenters. The number of rotatable bonds is 0. The second-order valence-electron chi connectivity index (χ2n) is 0.759. The molecule has 0 aromatic rings. The molecule has 0 saturated heterocycles. The van der Waals surface area contributed by atoms with Gasteiger partial charge in [0.1, 0.15) is 0 Å². The number of allylic oxidation sites excluding steroid dienone is 1. The molecule has 0 fully saturated rings. The number of nitrogens with one attached hydrogen (secondary N) is 1. The van der Waals surface area contributed by atoms with Crippen LogP contribution in [0.15, 0.2) is 10.5 Å². The van der Waals surface area contributed by atoms with Crippen LogP contribution in [0.25, 0.3) is 0 Å². The summed E-state index contributed by atoms with van der Waals surface area (Å²) in [6.07, 6.45) is 6.12. The van der Waals surface area contributed by atoms with Gasteiger partial charge >= 0.3 is 0 Å². The molecule has 0 amide bonds. The van der Waals surface area contributed by atoms with E-state index in [0.29, 0.717) is 0 Å². The highest BCUT2D eigenvalue weighted by atomic mass is 32.2. The largest absolute Gasteiger partial charge is 0.309 e. The second kappa shape index (κ2) is 1.87. The molecule has 0 atom stereocenters. The minimum atomic E-state index is 1.27. The van der Waals surface area contributed by atoms with Crippen LogP contribution < -0.4 is 4.72 Å². The van der Waals surface area contributed by atoms with Crippen molar-refractivity contribution >= 4 is 18.3 Å². The van der Waals surface area contributed by atoms with Gasteiger partial charge in [-0.3, -0.25) is 0 Å².